The third-order valence-corrected chi connectivity index (χ3v) is 7.35. The number of esters is 1. The van der Waals surface area contributed by atoms with E-state index in [0.29, 0.717) is 10.7 Å². The van der Waals surface area contributed by atoms with E-state index < -0.39 is 28.5 Å². The number of anilines is 1. The van der Waals surface area contributed by atoms with Gasteiger partial charge in [0.1, 0.15) is 4.90 Å². The first-order valence-corrected chi connectivity index (χ1v) is 11.7. The van der Waals surface area contributed by atoms with Gasteiger partial charge in [-0.2, -0.15) is 4.31 Å². The molecule has 0 radical (unpaired) electrons. The van der Waals surface area contributed by atoms with Gasteiger partial charge in [0.15, 0.2) is 6.61 Å². The Hall–Kier alpha value is -2.13. The maximum absolute atomic E-state index is 12.8. The molecule has 0 aliphatic rings. The smallest absolute Gasteiger partial charge is 0.338 e. The normalized spacial score (nSPS) is 11.5. The lowest BCUT2D eigenvalue weighted by atomic mass is 10.1. The van der Waals surface area contributed by atoms with Gasteiger partial charge in [-0.3, -0.25) is 4.79 Å². The molecule has 31 heavy (non-hydrogen) atoms. The van der Waals surface area contributed by atoms with Crippen LogP contribution in [0.15, 0.2) is 35.2 Å². The summed E-state index contributed by atoms with van der Waals surface area (Å²) in [6.45, 7) is 7.03. The fourth-order valence-electron chi connectivity index (χ4n) is 2.99. The zero-order valence-corrected chi connectivity index (χ0v) is 20.0. The Morgan fingerprint density at radius 1 is 1.03 bits per heavy atom. The van der Waals surface area contributed by atoms with E-state index in [9.17, 15) is 18.0 Å². The third-order valence-electron chi connectivity index (χ3n) is 4.52. The number of amides is 1. The third kappa shape index (κ3) is 5.98. The summed E-state index contributed by atoms with van der Waals surface area (Å²) in [7, 11) is -3.87. The van der Waals surface area contributed by atoms with E-state index in [0.717, 1.165) is 17.2 Å². The van der Waals surface area contributed by atoms with E-state index in [1.807, 2.05) is 13.0 Å². The van der Waals surface area contributed by atoms with Crippen LogP contribution in [0.2, 0.25) is 10.0 Å². The topological polar surface area (TPSA) is 92.8 Å². The lowest BCUT2D eigenvalue weighted by Gasteiger charge is -2.19. The van der Waals surface area contributed by atoms with Crippen LogP contribution in [-0.4, -0.2) is 44.3 Å². The number of benzene rings is 2. The minimum Gasteiger partial charge on any atom is -0.452 e. The van der Waals surface area contributed by atoms with Crippen LogP contribution in [0, 0.1) is 13.8 Å². The highest BCUT2D eigenvalue weighted by Crippen LogP contribution is 2.28. The molecule has 168 valence electrons. The van der Waals surface area contributed by atoms with E-state index in [2.05, 4.69) is 5.32 Å². The Labute approximate surface area is 192 Å². The second-order valence-corrected chi connectivity index (χ2v) is 9.52. The molecule has 1 N–H and O–H groups in total. The maximum atomic E-state index is 12.8. The molecule has 2 aromatic rings. The van der Waals surface area contributed by atoms with E-state index in [1.165, 1.54) is 16.4 Å². The maximum Gasteiger partial charge on any atom is 0.338 e. The molecule has 0 heterocycles. The van der Waals surface area contributed by atoms with Crippen LogP contribution in [0.1, 0.15) is 35.3 Å². The number of rotatable bonds is 8. The number of aryl methyl sites for hydroxylation is 2. The van der Waals surface area contributed by atoms with Crippen LogP contribution in [0.25, 0.3) is 0 Å². The lowest BCUT2D eigenvalue weighted by molar-refractivity contribution is -0.119. The van der Waals surface area contributed by atoms with E-state index >= 15 is 0 Å². The molecule has 0 unspecified atom stereocenters. The molecule has 0 saturated carbocycles. The highest BCUT2D eigenvalue weighted by atomic mass is 35.5. The average Bonchev–Trinajstić information content (AvgIpc) is 2.69. The van der Waals surface area contributed by atoms with Crippen molar-refractivity contribution >= 4 is 50.8 Å². The molecule has 0 aromatic heterocycles. The lowest BCUT2D eigenvalue weighted by Crippen LogP contribution is -2.31. The summed E-state index contributed by atoms with van der Waals surface area (Å²) in [4.78, 5) is 24.4. The quantitative estimate of drug-likeness (QED) is 0.556. The number of carbonyl (C=O) groups is 2. The van der Waals surface area contributed by atoms with Crippen LogP contribution in [-0.2, 0) is 19.6 Å². The monoisotopic (exact) mass is 486 g/mol. The van der Waals surface area contributed by atoms with Crippen molar-refractivity contribution in [2.45, 2.75) is 32.6 Å². The highest BCUT2D eigenvalue weighted by molar-refractivity contribution is 7.89. The summed E-state index contributed by atoms with van der Waals surface area (Å²) in [6.07, 6.45) is 0. The Morgan fingerprint density at radius 2 is 1.68 bits per heavy atom. The van der Waals surface area contributed by atoms with Gasteiger partial charge < -0.3 is 10.1 Å². The van der Waals surface area contributed by atoms with Crippen molar-refractivity contribution in [3.05, 3.63) is 57.1 Å². The molecule has 0 saturated heterocycles. The zero-order chi connectivity index (χ0) is 23.3. The summed E-state index contributed by atoms with van der Waals surface area (Å²) in [5.41, 5.74) is 2.12. The van der Waals surface area contributed by atoms with Gasteiger partial charge in [0.2, 0.25) is 10.0 Å². The molecular weight excluding hydrogens is 463 g/mol. The van der Waals surface area contributed by atoms with E-state index in [4.69, 9.17) is 27.9 Å². The Balaban J connectivity index is 2.14. The molecule has 0 fully saturated rings. The fraction of sp³-hybridized carbons (Fsp3) is 0.333. The number of hydrogen-bond donors (Lipinski definition) is 1. The molecular formula is C21H24Cl2N2O5S. The van der Waals surface area contributed by atoms with Crippen molar-refractivity contribution in [1.82, 2.24) is 4.31 Å². The Morgan fingerprint density at radius 3 is 2.26 bits per heavy atom. The summed E-state index contributed by atoms with van der Waals surface area (Å²) < 4.78 is 31.8. The Bertz CT molecular complexity index is 1080. The molecule has 0 spiro atoms. The minimum atomic E-state index is -3.87. The van der Waals surface area contributed by atoms with Gasteiger partial charge in [-0.25, -0.2) is 13.2 Å². The summed E-state index contributed by atoms with van der Waals surface area (Å²) >= 11 is 12.2. The molecule has 0 bridgehead atoms. The summed E-state index contributed by atoms with van der Waals surface area (Å²) in [5, 5.41) is 2.98. The number of hydrogen-bond acceptors (Lipinski definition) is 5. The van der Waals surface area contributed by atoms with Crippen LogP contribution < -0.4 is 5.32 Å². The zero-order valence-electron chi connectivity index (χ0n) is 17.7. The molecule has 7 nitrogen and oxygen atoms in total. The first-order chi connectivity index (χ1) is 14.5. The van der Waals surface area contributed by atoms with Gasteiger partial charge in [-0.15, -0.1) is 0 Å². The predicted molar refractivity (Wildman–Crippen MR) is 121 cm³/mol. The number of nitrogens with one attached hydrogen (secondary N) is 1. The molecule has 0 atom stereocenters. The fourth-order valence-corrected chi connectivity index (χ4v) is 5.32. The first-order valence-electron chi connectivity index (χ1n) is 9.54. The van der Waals surface area contributed by atoms with Crippen molar-refractivity contribution in [2.24, 2.45) is 0 Å². The molecule has 0 aliphatic heterocycles. The summed E-state index contributed by atoms with van der Waals surface area (Å²) in [5.74, 6) is -1.43. The van der Waals surface area contributed by atoms with Crippen molar-refractivity contribution in [2.75, 3.05) is 25.0 Å². The summed E-state index contributed by atoms with van der Waals surface area (Å²) in [6, 6.07) is 7.37. The van der Waals surface area contributed by atoms with Gasteiger partial charge in [0, 0.05) is 13.1 Å². The largest absolute Gasteiger partial charge is 0.452 e. The predicted octanol–water partition coefficient (Wildman–Crippen LogP) is 4.44. The standard InChI is InChI=1S/C21H24Cl2N2O5S/c1-5-25(6-2)31(28,29)18-11-15(7-8-16(18)22)21(27)30-12-19(26)24-20-14(4)9-13(3)10-17(20)23/h7-11H,5-6,12H2,1-4H3,(H,24,26). The van der Waals surface area contributed by atoms with E-state index in [-0.39, 0.29) is 28.6 Å². The number of nitrogens with zero attached hydrogens (tertiary/aromatic N) is 1. The first kappa shape index (κ1) is 25.1. The number of ether oxygens (including phenoxy) is 1. The molecule has 0 aliphatic carbocycles. The minimum absolute atomic E-state index is 0.00863. The molecule has 2 rings (SSSR count). The van der Waals surface area contributed by atoms with Gasteiger partial charge in [0.05, 0.1) is 21.3 Å². The second-order valence-electron chi connectivity index (χ2n) is 6.80. The highest BCUT2D eigenvalue weighted by Gasteiger charge is 2.26. The van der Waals surface area contributed by atoms with Crippen LogP contribution in [0.3, 0.4) is 0 Å². The number of sulfonamides is 1. The molecule has 10 heteroatoms. The second kappa shape index (κ2) is 10.5. The Kier molecular flexibility index (Phi) is 8.48. The number of carbonyl (C=O) groups excluding carboxylic acids is 2. The molecule has 1 amide bonds. The van der Waals surface area contributed by atoms with Crippen LogP contribution in [0.5, 0.6) is 0 Å². The van der Waals surface area contributed by atoms with Crippen molar-refractivity contribution in [3.8, 4) is 0 Å². The number of halogens is 2. The van der Waals surface area contributed by atoms with Crippen LogP contribution in [0.4, 0.5) is 5.69 Å². The van der Waals surface area contributed by atoms with Gasteiger partial charge >= 0.3 is 5.97 Å². The van der Waals surface area contributed by atoms with Crippen molar-refractivity contribution < 1.29 is 22.7 Å². The van der Waals surface area contributed by atoms with E-state index in [1.54, 1.807) is 26.8 Å². The van der Waals surface area contributed by atoms with Crippen molar-refractivity contribution in [3.63, 3.8) is 0 Å². The van der Waals surface area contributed by atoms with Crippen LogP contribution >= 0.6 is 23.2 Å². The average molecular weight is 487 g/mol. The molecule has 2 aromatic carbocycles. The van der Waals surface area contributed by atoms with Gasteiger partial charge in [-0.05, 0) is 49.2 Å². The van der Waals surface area contributed by atoms with Gasteiger partial charge in [-0.1, -0.05) is 43.1 Å². The SMILES string of the molecule is CCN(CC)S(=O)(=O)c1cc(C(=O)OCC(=O)Nc2c(C)cc(C)cc2Cl)ccc1Cl. The van der Waals surface area contributed by atoms with Gasteiger partial charge in [0.25, 0.3) is 5.91 Å². The van der Waals surface area contributed by atoms with Crippen molar-refractivity contribution in [1.29, 1.82) is 0 Å².